The molecule has 1 unspecified atom stereocenters. The average Bonchev–Trinajstić information content (AvgIpc) is 2.81. The van der Waals surface area contributed by atoms with Crippen molar-refractivity contribution in [1.29, 1.82) is 0 Å². The lowest BCUT2D eigenvalue weighted by atomic mass is 9.94. The first-order valence-electron chi connectivity index (χ1n) is 6.32. The number of carbonyl (C=O) groups excluding carboxylic acids is 1. The van der Waals surface area contributed by atoms with Crippen molar-refractivity contribution in [3.63, 3.8) is 0 Å². The Hall–Kier alpha value is -1.37. The second kappa shape index (κ2) is 5.55. The largest absolute Gasteiger partial charge is 0.442 e. The first-order valence-corrected chi connectivity index (χ1v) is 6.69. The molecule has 112 valence electrons. The minimum Gasteiger partial charge on any atom is -0.442 e. The molecule has 0 fully saturated rings. The average molecular weight is 308 g/mol. The van der Waals surface area contributed by atoms with Gasteiger partial charge >= 0.3 is 11.5 Å². The fraction of sp³-hybridized carbons (Fsp3) is 0.667. The summed E-state index contributed by atoms with van der Waals surface area (Å²) in [6.45, 7) is 3.13. The quantitative estimate of drug-likeness (QED) is 0.874. The van der Waals surface area contributed by atoms with Gasteiger partial charge in [-0.2, -0.15) is 8.78 Å². The second-order valence-corrected chi connectivity index (χ2v) is 5.62. The van der Waals surface area contributed by atoms with Crippen LogP contribution in [0, 0.1) is 5.92 Å². The Bertz CT molecular complexity index is 487. The molecule has 1 aliphatic heterocycles. The number of halogens is 3. The number of nitrogens with one attached hydrogen (secondary N) is 1. The van der Waals surface area contributed by atoms with E-state index in [-0.39, 0.29) is 12.0 Å². The monoisotopic (exact) mass is 307 g/mol. The molecule has 0 aromatic carbocycles. The van der Waals surface area contributed by atoms with Gasteiger partial charge in [0.2, 0.25) is 0 Å². The fourth-order valence-electron chi connectivity index (χ4n) is 2.41. The number of alkyl halides is 3. The highest BCUT2D eigenvalue weighted by Crippen LogP contribution is 2.33. The van der Waals surface area contributed by atoms with Gasteiger partial charge in [0.05, 0.1) is 18.1 Å². The molecule has 0 aliphatic carbocycles. The molecular weight excluding hydrogens is 292 g/mol. The summed E-state index contributed by atoms with van der Waals surface area (Å²) < 4.78 is 29.7. The van der Waals surface area contributed by atoms with Crippen molar-refractivity contribution in [3.05, 3.63) is 17.7 Å². The van der Waals surface area contributed by atoms with Gasteiger partial charge in [-0.3, -0.25) is 4.90 Å². The standard InChI is InChI=1S/C12H16ClF2N3O2/c1-7(2)10-9-8(16-6-17-9)3-4-18(10)11(19)20-5-12(13,14)15/h6-7,10H,3-5H2,1-2H3,(H,16,17). The molecule has 1 aliphatic rings. The van der Waals surface area contributed by atoms with Crippen molar-refractivity contribution in [2.24, 2.45) is 5.92 Å². The van der Waals surface area contributed by atoms with E-state index < -0.39 is 18.1 Å². The number of rotatable bonds is 3. The number of hydrogen-bond acceptors (Lipinski definition) is 3. The van der Waals surface area contributed by atoms with Gasteiger partial charge in [0, 0.05) is 18.7 Å². The number of H-pyrrole nitrogens is 1. The molecule has 1 aromatic rings. The van der Waals surface area contributed by atoms with Crippen LogP contribution in [0.2, 0.25) is 0 Å². The van der Waals surface area contributed by atoms with Crippen LogP contribution in [-0.4, -0.2) is 39.5 Å². The van der Waals surface area contributed by atoms with Gasteiger partial charge < -0.3 is 9.72 Å². The zero-order chi connectivity index (χ0) is 14.9. The van der Waals surface area contributed by atoms with Gasteiger partial charge in [-0.05, 0) is 17.5 Å². The van der Waals surface area contributed by atoms with Crippen molar-refractivity contribution in [3.8, 4) is 0 Å². The van der Waals surface area contributed by atoms with Gasteiger partial charge in [-0.25, -0.2) is 9.78 Å². The molecule has 0 spiro atoms. The van der Waals surface area contributed by atoms with E-state index in [0.717, 1.165) is 11.4 Å². The van der Waals surface area contributed by atoms with Crippen LogP contribution in [-0.2, 0) is 11.2 Å². The summed E-state index contributed by atoms with van der Waals surface area (Å²) in [7, 11) is 0. The van der Waals surface area contributed by atoms with Gasteiger partial charge in [-0.15, -0.1) is 0 Å². The Morgan fingerprint density at radius 3 is 3.00 bits per heavy atom. The van der Waals surface area contributed by atoms with E-state index in [1.54, 1.807) is 6.33 Å². The number of hydrogen-bond donors (Lipinski definition) is 1. The summed E-state index contributed by atoms with van der Waals surface area (Å²) in [4.78, 5) is 20.6. The van der Waals surface area contributed by atoms with Gasteiger partial charge in [0.1, 0.15) is 0 Å². The highest BCUT2D eigenvalue weighted by atomic mass is 35.5. The molecule has 1 aromatic heterocycles. The molecule has 0 bridgehead atoms. The summed E-state index contributed by atoms with van der Waals surface area (Å²) in [6.07, 6.45) is 1.37. The van der Waals surface area contributed by atoms with Gasteiger partial charge in [0.25, 0.3) is 0 Å². The minimum atomic E-state index is -3.55. The van der Waals surface area contributed by atoms with Crippen LogP contribution in [0.15, 0.2) is 6.33 Å². The number of ether oxygens (including phenoxy) is 1. The number of amides is 1. The Balaban J connectivity index is 2.13. The molecule has 2 heterocycles. The third-order valence-electron chi connectivity index (χ3n) is 3.20. The van der Waals surface area contributed by atoms with E-state index in [4.69, 9.17) is 11.6 Å². The Morgan fingerprint density at radius 2 is 2.40 bits per heavy atom. The van der Waals surface area contributed by atoms with E-state index >= 15 is 0 Å². The smallest absolute Gasteiger partial charge is 0.410 e. The van der Waals surface area contributed by atoms with Crippen molar-refractivity contribution >= 4 is 17.7 Å². The van der Waals surface area contributed by atoms with Crippen molar-refractivity contribution in [1.82, 2.24) is 14.9 Å². The topological polar surface area (TPSA) is 58.2 Å². The summed E-state index contributed by atoms with van der Waals surface area (Å²) in [5.41, 5.74) is 1.73. The molecule has 8 heteroatoms. The van der Waals surface area contributed by atoms with Crippen molar-refractivity contribution < 1.29 is 18.3 Å². The fourth-order valence-corrected chi connectivity index (χ4v) is 2.47. The van der Waals surface area contributed by atoms with Gasteiger partial charge in [0.15, 0.2) is 6.61 Å². The zero-order valence-electron chi connectivity index (χ0n) is 11.2. The van der Waals surface area contributed by atoms with Crippen LogP contribution in [0.25, 0.3) is 0 Å². The van der Waals surface area contributed by atoms with E-state index in [1.165, 1.54) is 4.90 Å². The third-order valence-corrected chi connectivity index (χ3v) is 3.30. The maximum Gasteiger partial charge on any atom is 0.410 e. The maximum absolute atomic E-state index is 12.5. The second-order valence-electron chi connectivity index (χ2n) is 5.07. The lowest BCUT2D eigenvalue weighted by Gasteiger charge is -2.36. The summed E-state index contributed by atoms with van der Waals surface area (Å²) >= 11 is 4.73. The molecule has 5 nitrogen and oxygen atoms in total. The van der Waals surface area contributed by atoms with Crippen LogP contribution in [0.4, 0.5) is 13.6 Å². The SMILES string of the molecule is CC(C)C1c2nc[nH]c2CCN1C(=O)OCC(F)(F)Cl. The first-order chi connectivity index (χ1) is 9.29. The van der Waals surface area contributed by atoms with Gasteiger partial charge in [-0.1, -0.05) is 13.8 Å². The Kier molecular flexibility index (Phi) is 4.17. The summed E-state index contributed by atoms with van der Waals surface area (Å²) in [5.74, 6) is 0.0846. The summed E-state index contributed by atoms with van der Waals surface area (Å²) in [6, 6.07) is -0.290. The van der Waals surface area contributed by atoms with Crippen LogP contribution >= 0.6 is 11.6 Å². The number of fused-ring (bicyclic) bond motifs is 1. The minimum absolute atomic E-state index is 0.0846. The summed E-state index contributed by atoms with van der Waals surface area (Å²) in [5, 5.41) is -3.55. The van der Waals surface area contributed by atoms with Crippen molar-refractivity contribution in [2.75, 3.05) is 13.2 Å². The normalized spacial score (nSPS) is 19.1. The molecule has 0 saturated carbocycles. The predicted molar refractivity (Wildman–Crippen MR) is 68.7 cm³/mol. The number of aromatic amines is 1. The van der Waals surface area contributed by atoms with E-state index in [0.29, 0.717) is 13.0 Å². The molecule has 1 amide bonds. The van der Waals surface area contributed by atoms with E-state index in [9.17, 15) is 13.6 Å². The number of aromatic nitrogens is 2. The molecule has 1 N–H and O–H groups in total. The van der Waals surface area contributed by atoms with Crippen LogP contribution in [0.3, 0.4) is 0 Å². The van der Waals surface area contributed by atoms with Crippen LogP contribution in [0.5, 0.6) is 0 Å². The maximum atomic E-state index is 12.5. The highest BCUT2D eigenvalue weighted by molar-refractivity contribution is 6.21. The Morgan fingerprint density at radius 1 is 1.70 bits per heavy atom. The molecule has 2 rings (SSSR count). The third kappa shape index (κ3) is 3.20. The molecule has 1 atom stereocenters. The number of nitrogens with zero attached hydrogens (tertiary/aromatic N) is 2. The lowest BCUT2D eigenvalue weighted by molar-refractivity contribution is -0.00498. The van der Waals surface area contributed by atoms with E-state index in [1.807, 2.05) is 13.8 Å². The van der Waals surface area contributed by atoms with E-state index in [2.05, 4.69) is 14.7 Å². The highest BCUT2D eigenvalue weighted by Gasteiger charge is 2.37. The first kappa shape index (κ1) is 15.0. The Labute approximate surface area is 120 Å². The molecule has 0 saturated heterocycles. The molecular formula is C12H16ClF2N3O2. The zero-order valence-corrected chi connectivity index (χ0v) is 12.0. The van der Waals surface area contributed by atoms with Crippen LogP contribution < -0.4 is 0 Å². The number of imidazole rings is 1. The number of carbonyl (C=O) groups is 1. The lowest BCUT2D eigenvalue weighted by Crippen LogP contribution is -2.43. The molecule has 20 heavy (non-hydrogen) atoms. The van der Waals surface area contributed by atoms with Crippen molar-refractivity contribution in [2.45, 2.75) is 31.7 Å². The van der Waals surface area contributed by atoms with Crippen LogP contribution in [0.1, 0.15) is 31.3 Å². The predicted octanol–water partition coefficient (Wildman–Crippen LogP) is 2.93. The molecule has 0 radical (unpaired) electrons.